The fourth-order valence-electron chi connectivity index (χ4n) is 3.86. The van der Waals surface area contributed by atoms with Crippen molar-refractivity contribution in [1.82, 2.24) is 4.90 Å². The second kappa shape index (κ2) is 11.4. The van der Waals surface area contributed by atoms with Crippen molar-refractivity contribution >= 4 is 17.7 Å². The van der Waals surface area contributed by atoms with E-state index < -0.39 is 17.8 Å². The number of benzene rings is 2. The van der Waals surface area contributed by atoms with Crippen LogP contribution in [-0.2, 0) is 20.7 Å². The Labute approximate surface area is 192 Å². The molecule has 2 aromatic rings. The van der Waals surface area contributed by atoms with Gasteiger partial charge in [0.2, 0.25) is 5.91 Å². The van der Waals surface area contributed by atoms with Crippen molar-refractivity contribution in [3.05, 3.63) is 59.4 Å². The summed E-state index contributed by atoms with van der Waals surface area (Å²) in [4.78, 5) is 39.0. The maximum atomic E-state index is 13.0. The molecule has 0 N–H and O–H groups in total. The van der Waals surface area contributed by atoms with Crippen molar-refractivity contribution in [1.29, 1.82) is 0 Å². The highest BCUT2D eigenvalue weighted by Crippen LogP contribution is 2.28. The van der Waals surface area contributed by atoms with E-state index in [1.165, 1.54) is 29.2 Å². The van der Waals surface area contributed by atoms with Crippen molar-refractivity contribution in [2.75, 3.05) is 27.4 Å². The predicted octanol–water partition coefficient (Wildman–Crippen LogP) is 3.58. The minimum absolute atomic E-state index is 0.00202. The molecule has 2 aromatic carbocycles. The Balaban J connectivity index is 1.48. The van der Waals surface area contributed by atoms with Gasteiger partial charge in [-0.15, -0.1) is 0 Å². The number of ketones is 1. The van der Waals surface area contributed by atoms with E-state index in [4.69, 9.17) is 14.2 Å². The van der Waals surface area contributed by atoms with Gasteiger partial charge in [0.15, 0.2) is 17.3 Å². The number of nitrogens with zero attached hydrogens (tertiary/aromatic N) is 1. The lowest BCUT2D eigenvalue weighted by Gasteiger charge is -2.23. The number of ether oxygens (including phenoxy) is 3. The van der Waals surface area contributed by atoms with E-state index in [9.17, 15) is 18.8 Å². The van der Waals surface area contributed by atoms with Gasteiger partial charge in [0.05, 0.1) is 20.8 Å². The Morgan fingerprint density at radius 2 is 1.73 bits per heavy atom. The average molecular weight is 457 g/mol. The van der Waals surface area contributed by atoms with E-state index in [0.717, 1.165) is 5.56 Å². The van der Waals surface area contributed by atoms with Crippen LogP contribution in [0.4, 0.5) is 4.39 Å². The zero-order valence-corrected chi connectivity index (χ0v) is 18.8. The number of rotatable bonds is 10. The molecular weight excluding hydrogens is 429 g/mol. The lowest BCUT2D eigenvalue weighted by atomic mass is 10.1. The van der Waals surface area contributed by atoms with Crippen molar-refractivity contribution in [3.8, 4) is 11.5 Å². The lowest BCUT2D eigenvalue weighted by Crippen LogP contribution is -2.41. The average Bonchev–Trinajstić information content (AvgIpc) is 3.33. The third-order valence-electron chi connectivity index (χ3n) is 5.66. The van der Waals surface area contributed by atoms with Crippen molar-refractivity contribution in [3.63, 3.8) is 0 Å². The third-order valence-corrected chi connectivity index (χ3v) is 5.66. The number of amides is 1. The standard InChI is InChI=1S/C25H28FNO6/c1-31-22-11-5-17(16-23(22)32-2)13-15-33-25(30)20-4-3-14-27(20)24(29)12-10-21(28)18-6-8-19(26)9-7-18/h5-9,11,16,20H,3-4,10,12-15H2,1-2H3/t20-/m0/s1. The number of halogens is 1. The third kappa shape index (κ3) is 6.31. The van der Waals surface area contributed by atoms with E-state index in [2.05, 4.69) is 0 Å². The summed E-state index contributed by atoms with van der Waals surface area (Å²) in [6.45, 7) is 0.634. The van der Waals surface area contributed by atoms with Crippen LogP contribution in [0, 0.1) is 5.82 Å². The summed E-state index contributed by atoms with van der Waals surface area (Å²) >= 11 is 0. The first kappa shape index (κ1) is 24.2. The molecule has 1 saturated heterocycles. The highest BCUT2D eigenvalue weighted by Gasteiger charge is 2.35. The largest absolute Gasteiger partial charge is 0.493 e. The van der Waals surface area contributed by atoms with Gasteiger partial charge in [0, 0.05) is 31.4 Å². The molecule has 0 aliphatic carbocycles. The molecule has 1 fully saturated rings. The molecule has 1 atom stereocenters. The number of Topliss-reactive ketones (excluding diaryl/α,β-unsaturated/α-hetero) is 1. The van der Waals surface area contributed by atoms with Gasteiger partial charge in [0.25, 0.3) is 0 Å². The minimum Gasteiger partial charge on any atom is -0.493 e. The normalized spacial score (nSPS) is 15.2. The molecule has 8 heteroatoms. The van der Waals surface area contributed by atoms with E-state index in [-0.39, 0.29) is 31.1 Å². The Kier molecular flexibility index (Phi) is 8.40. The first-order valence-corrected chi connectivity index (χ1v) is 10.9. The van der Waals surface area contributed by atoms with Gasteiger partial charge < -0.3 is 19.1 Å². The summed E-state index contributed by atoms with van der Waals surface area (Å²) in [5.41, 5.74) is 1.29. The second-order valence-corrected chi connectivity index (χ2v) is 7.78. The van der Waals surface area contributed by atoms with Crippen LogP contribution in [0.2, 0.25) is 0 Å². The van der Waals surface area contributed by atoms with E-state index in [1.807, 2.05) is 12.1 Å². The zero-order valence-electron chi connectivity index (χ0n) is 18.8. The molecule has 0 bridgehead atoms. The predicted molar refractivity (Wildman–Crippen MR) is 119 cm³/mol. The minimum atomic E-state index is -0.635. The van der Waals surface area contributed by atoms with Crippen LogP contribution >= 0.6 is 0 Å². The van der Waals surface area contributed by atoms with Gasteiger partial charge in [-0.05, 0) is 54.8 Å². The smallest absolute Gasteiger partial charge is 0.328 e. The number of esters is 1. The van der Waals surface area contributed by atoms with Crippen molar-refractivity contribution < 1.29 is 33.0 Å². The molecule has 3 rings (SSSR count). The number of hydrogen-bond acceptors (Lipinski definition) is 6. The maximum Gasteiger partial charge on any atom is 0.328 e. The van der Waals surface area contributed by atoms with Gasteiger partial charge >= 0.3 is 5.97 Å². The van der Waals surface area contributed by atoms with Gasteiger partial charge in [-0.25, -0.2) is 9.18 Å². The summed E-state index contributed by atoms with van der Waals surface area (Å²) in [6, 6.07) is 10.1. The summed E-state index contributed by atoms with van der Waals surface area (Å²) in [6.07, 6.45) is 1.73. The van der Waals surface area contributed by atoms with Gasteiger partial charge in [-0.3, -0.25) is 9.59 Å². The number of carbonyl (C=O) groups excluding carboxylic acids is 3. The lowest BCUT2D eigenvalue weighted by molar-refractivity contribution is -0.153. The van der Waals surface area contributed by atoms with Crippen LogP contribution < -0.4 is 9.47 Å². The topological polar surface area (TPSA) is 82.1 Å². The number of hydrogen-bond donors (Lipinski definition) is 0. The molecule has 1 amide bonds. The van der Waals surface area contributed by atoms with E-state index in [1.54, 1.807) is 20.3 Å². The molecule has 0 saturated carbocycles. The van der Waals surface area contributed by atoms with Crippen molar-refractivity contribution in [2.45, 2.75) is 38.1 Å². The van der Waals surface area contributed by atoms with Gasteiger partial charge in [-0.1, -0.05) is 6.07 Å². The second-order valence-electron chi connectivity index (χ2n) is 7.78. The molecule has 1 aliphatic heterocycles. The molecule has 1 heterocycles. The SMILES string of the molecule is COc1ccc(CCOC(=O)[C@@H]2CCCN2C(=O)CCC(=O)c2ccc(F)cc2)cc1OC. The summed E-state index contributed by atoms with van der Waals surface area (Å²) < 4.78 is 28.9. The molecule has 0 unspecified atom stereocenters. The van der Waals surface area contributed by atoms with Crippen LogP contribution in [-0.4, -0.2) is 56.0 Å². The molecule has 7 nitrogen and oxygen atoms in total. The molecule has 33 heavy (non-hydrogen) atoms. The fourth-order valence-corrected chi connectivity index (χ4v) is 3.86. The quantitative estimate of drug-likeness (QED) is 0.401. The number of methoxy groups -OCH3 is 2. The number of carbonyl (C=O) groups is 3. The van der Waals surface area contributed by atoms with Crippen molar-refractivity contribution in [2.24, 2.45) is 0 Å². The maximum absolute atomic E-state index is 13.0. The van der Waals surface area contributed by atoms with Gasteiger partial charge in [-0.2, -0.15) is 0 Å². The van der Waals surface area contributed by atoms with Crippen LogP contribution in [0.1, 0.15) is 41.6 Å². The van der Waals surface area contributed by atoms with E-state index in [0.29, 0.717) is 42.9 Å². The highest BCUT2D eigenvalue weighted by molar-refractivity contribution is 5.98. The first-order chi connectivity index (χ1) is 15.9. The summed E-state index contributed by atoms with van der Waals surface area (Å²) in [5, 5.41) is 0. The highest BCUT2D eigenvalue weighted by atomic mass is 19.1. The Bertz CT molecular complexity index is 991. The van der Waals surface area contributed by atoms with Crippen LogP contribution in [0.3, 0.4) is 0 Å². The molecule has 1 aliphatic rings. The monoisotopic (exact) mass is 457 g/mol. The first-order valence-electron chi connectivity index (χ1n) is 10.9. The Hall–Kier alpha value is -3.42. The van der Waals surface area contributed by atoms with Crippen LogP contribution in [0.5, 0.6) is 11.5 Å². The molecular formula is C25H28FNO6. The van der Waals surface area contributed by atoms with E-state index >= 15 is 0 Å². The molecule has 0 spiro atoms. The summed E-state index contributed by atoms with van der Waals surface area (Å²) in [5.74, 6) is -0.139. The summed E-state index contributed by atoms with van der Waals surface area (Å²) in [7, 11) is 3.12. The fraction of sp³-hybridized carbons (Fsp3) is 0.400. The molecule has 0 radical (unpaired) electrons. The van der Waals surface area contributed by atoms with Gasteiger partial charge in [0.1, 0.15) is 11.9 Å². The Morgan fingerprint density at radius 3 is 2.42 bits per heavy atom. The number of likely N-dealkylation sites (tertiary alicyclic amines) is 1. The zero-order chi connectivity index (χ0) is 23.8. The molecule has 176 valence electrons. The van der Waals surface area contributed by atoms with Crippen LogP contribution in [0.15, 0.2) is 42.5 Å². The molecule has 0 aromatic heterocycles. The Morgan fingerprint density at radius 1 is 1.00 bits per heavy atom. The van der Waals surface area contributed by atoms with Crippen LogP contribution in [0.25, 0.3) is 0 Å².